The Balaban J connectivity index is 1.74. The molecule has 0 bridgehead atoms. The number of amides is 1. The lowest BCUT2D eigenvalue weighted by Gasteiger charge is -2.10. The van der Waals surface area contributed by atoms with Crippen LogP contribution in [-0.4, -0.2) is 29.9 Å². The van der Waals surface area contributed by atoms with Crippen molar-refractivity contribution in [3.63, 3.8) is 0 Å². The summed E-state index contributed by atoms with van der Waals surface area (Å²) in [4.78, 5) is 13.1. The van der Waals surface area contributed by atoms with E-state index in [1.54, 1.807) is 25.0 Å². The normalized spacial score (nSPS) is 10.7. The number of methoxy groups -OCH3 is 2. The SMILES string of the molecule is COCc1cccc(C(=O)Nc2cc(-c3ccccc3OC)nn2-c2ccc(C)cc2)c1. The van der Waals surface area contributed by atoms with Crippen molar-refractivity contribution >= 4 is 11.7 Å². The van der Waals surface area contributed by atoms with Gasteiger partial charge in [0.1, 0.15) is 11.6 Å². The minimum absolute atomic E-state index is 0.220. The first-order chi connectivity index (χ1) is 15.6. The van der Waals surface area contributed by atoms with Crippen molar-refractivity contribution in [2.75, 3.05) is 19.5 Å². The van der Waals surface area contributed by atoms with E-state index in [0.29, 0.717) is 29.4 Å². The molecule has 0 fully saturated rings. The number of aromatic nitrogens is 2. The molecule has 0 unspecified atom stereocenters. The molecule has 4 aromatic rings. The molecule has 0 saturated carbocycles. The van der Waals surface area contributed by atoms with Gasteiger partial charge >= 0.3 is 0 Å². The zero-order valence-electron chi connectivity index (χ0n) is 18.3. The van der Waals surface area contributed by atoms with Crippen LogP contribution in [0.4, 0.5) is 5.82 Å². The van der Waals surface area contributed by atoms with Crippen LogP contribution in [0.5, 0.6) is 5.75 Å². The van der Waals surface area contributed by atoms with Crippen molar-refractivity contribution in [1.29, 1.82) is 0 Å². The predicted molar refractivity (Wildman–Crippen MR) is 125 cm³/mol. The van der Waals surface area contributed by atoms with Gasteiger partial charge in [0.15, 0.2) is 0 Å². The molecule has 162 valence electrons. The number of hydrogen-bond donors (Lipinski definition) is 1. The number of anilines is 1. The number of nitrogens with one attached hydrogen (secondary N) is 1. The Bertz CT molecular complexity index is 1230. The maximum Gasteiger partial charge on any atom is 0.256 e. The molecule has 1 amide bonds. The van der Waals surface area contributed by atoms with Gasteiger partial charge in [-0.1, -0.05) is 42.0 Å². The van der Waals surface area contributed by atoms with Crippen molar-refractivity contribution in [2.24, 2.45) is 0 Å². The first kappa shape index (κ1) is 21.3. The summed E-state index contributed by atoms with van der Waals surface area (Å²) in [6.45, 7) is 2.48. The van der Waals surface area contributed by atoms with E-state index in [9.17, 15) is 4.79 Å². The summed E-state index contributed by atoms with van der Waals surface area (Å²) in [5, 5.41) is 7.80. The maximum absolute atomic E-state index is 13.1. The van der Waals surface area contributed by atoms with Crippen LogP contribution in [0.3, 0.4) is 0 Å². The van der Waals surface area contributed by atoms with Gasteiger partial charge in [-0.15, -0.1) is 0 Å². The van der Waals surface area contributed by atoms with Gasteiger partial charge in [-0.2, -0.15) is 5.10 Å². The van der Waals surface area contributed by atoms with Gasteiger partial charge in [0, 0.05) is 24.3 Å². The first-order valence-corrected chi connectivity index (χ1v) is 10.3. The number of para-hydroxylation sites is 1. The third-order valence-electron chi connectivity index (χ3n) is 5.11. The Labute approximate surface area is 187 Å². The van der Waals surface area contributed by atoms with Crippen LogP contribution in [0, 0.1) is 6.92 Å². The molecule has 32 heavy (non-hydrogen) atoms. The van der Waals surface area contributed by atoms with E-state index in [0.717, 1.165) is 22.4 Å². The highest BCUT2D eigenvalue weighted by molar-refractivity contribution is 6.04. The molecule has 0 aliphatic rings. The summed E-state index contributed by atoms with van der Waals surface area (Å²) >= 11 is 0. The number of ether oxygens (including phenoxy) is 2. The van der Waals surface area contributed by atoms with E-state index in [-0.39, 0.29) is 5.91 Å². The number of carbonyl (C=O) groups is 1. The second kappa shape index (κ2) is 9.49. The van der Waals surface area contributed by atoms with Crippen LogP contribution in [0.1, 0.15) is 21.5 Å². The fourth-order valence-corrected chi connectivity index (χ4v) is 3.50. The van der Waals surface area contributed by atoms with Gasteiger partial charge in [0.2, 0.25) is 0 Å². The van der Waals surface area contributed by atoms with Gasteiger partial charge in [0.25, 0.3) is 5.91 Å². The molecule has 0 atom stereocenters. The summed E-state index contributed by atoms with van der Waals surface area (Å²) < 4.78 is 12.4. The third kappa shape index (κ3) is 4.55. The number of nitrogens with zero attached hydrogens (tertiary/aromatic N) is 2. The number of hydrogen-bond acceptors (Lipinski definition) is 4. The minimum atomic E-state index is -0.220. The van der Waals surface area contributed by atoms with Crippen LogP contribution >= 0.6 is 0 Å². The molecule has 6 heteroatoms. The molecule has 4 rings (SSSR count). The first-order valence-electron chi connectivity index (χ1n) is 10.3. The molecule has 0 aliphatic heterocycles. The van der Waals surface area contributed by atoms with E-state index in [1.807, 2.05) is 79.7 Å². The van der Waals surface area contributed by atoms with Crippen molar-refractivity contribution in [1.82, 2.24) is 9.78 Å². The van der Waals surface area contributed by atoms with Gasteiger partial charge in [-0.05, 0) is 48.9 Å². The lowest BCUT2D eigenvalue weighted by atomic mass is 10.1. The number of carbonyl (C=O) groups excluding carboxylic acids is 1. The number of aryl methyl sites for hydroxylation is 1. The van der Waals surface area contributed by atoms with Crippen LogP contribution in [-0.2, 0) is 11.3 Å². The molecule has 0 radical (unpaired) electrons. The van der Waals surface area contributed by atoms with Crippen molar-refractivity contribution in [3.8, 4) is 22.7 Å². The topological polar surface area (TPSA) is 65.4 Å². The van der Waals surface area contributed by atoms with Crippen LogP contribution in [0.15, 0.2) is 78.9 Å². The Morgan fingerprint density at radius 1 is 0.969 bits per heavy atom. The second-order valence-electron chi connectivity index (χ2n) is 7.45. The third-order valence-corrected chi connectivity index (χ3v) is 5.11. The highest BCUT2D eigenvalue weighted by Crippen LogP contribution is 2.31. The number of rotatable bonds is 7. The van der Waals surface area contributed by atoms with Crippen LogP contribution < -0.4 is 10.1 Å². The molecule has 0 aliphatic carbocycles. The Kier molecular flexibility index (Phi) is 6.33. The van der Waals surface area contributed by atoms with E-state index < -0.39 is 0 Å². The summed E-state index contributed by atoms with van der Waals surface area (Å²) in [6, 6.07) is 24.9. The Morgan fingerprint density at radius 2 is 1.75 bits per heavy atom. The zero-order valence-corrected chi connectivity index (χ0v) is 18.3. The fraction of sp³-hybridized carbons (Fsp3) is 0.154. The number of benzene rings is 3. The minimum Gasteiger partial charge on any atom is -0.496 e. The van der Waals surface area contributed by atoms with Crippen molar-refractivity contribution in [3.05, 3.63) is 95.6 Å². The quantitative estimate of drug-likeness (QED) is 0.437. The smallest absolute Gasteiger partial charge is 0.256 e. The van der Waals surface area contributed by atoms with E-state index >= 15 is 0 Å². The summed E-state index contributed by atoms with van der Waals surface area (Å²) in [7, 11) is 3.26. The highest BCUT2D eigenvalue weighted by Gasteiger charge is 2.17. The van der Waals surface area contributed by atoms with E-state index in [4.69, 9.17) is 14.6 Å². The van der Waals surface area contributed by atoms with Gasteiger partial charge < -0.3 is 14.8 Å². The molecule has 6 nitrogen and oxygen atoms in total. The monoisotopic (exact) mass is 427 g/mol. The molecular formula is C26H25N3O3. The van der Waals surface area contributed by atoms with Crippen molar-refractivity contribution < 1.29 is 14.3 Å². The van der Waals surface area contributed by atoms with Gasteiger partial charge in [-0.3, -0.25) is 4.79 Å². The molecule has 1 aromatic heterocycles. The second-order valence-corrected chi connectivity index (χ2v) is 7.45. The lowest BCUT2D eigenvalue weighted by molar-refractivity contribution is 0.102. The van der Waals surface area contributed by atoms with E-state index in [2.05, 4.69) is 5.32 Å². The van der Waals surface area contributed by atoms with Gasteiger partial charge in [-0.25, -0.2) is 4.68 Å². The molecule has 3 aromatic carbocycles. The zero-order chi connectivity index (χ0) is 22.5. The molecule has 1 N–H and O–H groups in total. The Hall–Kier alpha value is -3.90. The summed E-state index contributed by atoms with van der Waals surface area (Å²) in [5.41, 5.74) is 5.02. The fourth-order valence-electron chi connectivity index (χ4n) is 3.50. The summed E-state index contributed by atoms with van der Waals surface area (Å²) in [5.74, 6) is 1.06. The van der Waals surface area contributed by atoms with Crippen molar-refractivity contribution in [2.45, 2.75) is 13.5 Å². The van der Waals surface area contributed by atoms with Crippen LogP contribution in [0.2, 0.25) is 0 Å². The van der Waals surface area contributed by atoms with Gasteiger partial charge in [0.05, 0.1) is 25.1 Å². The average Bonchev–Trinajstić information content (AvgIpc) is 3.23. The summed E-state index contributed by atoms with van der Waals surface area (Å²) in [6.07, 6.45) is 0. The molecule has 1 heterocycles. The molecular weight excluding hydrogens is 402 g/mol. The maximum atomic E-state index is 13.1. The predicted octanol–water partition coefficient (Wildman–Crippen LogP) is 5.26. The molecule has 0 saturated heterocycles. The average molecular weight is 428 g/mol. The molecule has 0 spiro atoms. The van der Waals surface area contributed by atoms with E-state index in [1.165, 1.54) is 0 Å². The standard InChI is InChI=1S/C26H25N3O3/c1-18-11-13-21(14-12-18)29-25(16-23(28-29)22-9-4-5-10-24(22)32-3)27-26(30)20-8-6-7-19(15-20)17-31-2/h4-16H,17H2,1-3H3,(H,27,30). The van der Waals surface area contributed by atoms with Crippen LogP contribution in [0.25, 0.3) is 16.9 Å². The lowest BCUT2D eigenvalue weighted by Crippen LogP contribution is -2.15. The largest absolute Gasteiger partial charge is 0.496 e. The Morgan fingerprint density at radius 3 is 2.50 bits per heavy atom. The highest BCUT2D eigenvalue weighted by atomic mass is 16.5.